The summed E-state index contributed by atoms with van der Waals surface area (Å²) in [5, 5.41) is 23.4. The second-order valence-electron chi connectivity index (χ2n) is 5.58. The van der Waals surface area contributed by atoms with Gasteiger partial charge in [0.05, 0.1) is 11.0 Å². The summed E-state index contributed by atoms with van der Waals surface area (Å²) in [7, 11) is 0. The Morgan fingerprint density at radius 2 is 2.14 bits per heavy atom. The van der Waals surface area contributed by atoms with Gasteiger partial charge in [0.15, 0.2) is 0 Å². The second-order valence-corrected chi connectivity index (χ2v) is 5.58. The van der Waals surface area contributed by atoms with Crippen LogP contribution in [0.25, 0.3) is 0 Å². The second kappa shape index (κ2) is 6.67. The van der Waals surface area contributed by atoms with Gasteiger partial charge in [-0.1, -0.05) is 18.9 Å². The number of benzene rings is 1. The Balaban J connectivity index is 2.02. The van der Waals surface area contributed by atoms with E-state index < -0.39 is 4.92 Å². The van der Waals surface area contributed by atoms with E-state index in [1.807, 2.05) is 0 Å². The SMILES string of the molecule is Cc1ccc([N+](=O)[O-])cc1C(=O)NCC1CCCCC1O. The first-order valence-corrected chi connectivity index (χ1v) is 7.20. The molecule has 1 amide bonds. The van der Waals surface area contributed by atoms with Gasteiger partial charge in [0.1, 0.15) is 0 Å². The maximum absolute atomic E-state index is 12.2. The lowest BCUT2D eigenvalue weighted by atomic mass is 9.86. The van der Waals surface area contributed by atoms with Crippen LogP contribution in [0, 0.1) is 23.0 Å². The normalized spacial score (nSPS) is 21.8. The molecule has 2 N–H and O–H groups in total. The molecule has 1 aromatic rings. The minimum atomic E-state index is -0.513. The zero-order chi connectivity index (χ0) is 15.4. The Hall–Kier alpha value is -1.95. The van der Waals surface area contributed by atoms with Crippen LogP contribution in [0.4, 0.5) is 5.69 Å². The summed E-state index contributed by atoms with van der Waals surface area (Å²) < 4.78 is 0. The van der Waals surface area contributed by atoms with Crippen LogP contribution in [-0.4, -0.2) is 28.6 Å². The molecule has 2 unspecified atom stereocenters. The summed E-state index contributed by atoms with van der Waals surface area (Å²) in [5.74, 6) is -0.254. The molecule has 2 atom stereocenters. The molecule has 6 nitrogen and oxygen atoms in total. The molecule has 1 aromatic carbocycles. The van der Waals surface area contributed by atoms with E-state index in [-0.39, 0.29) is 23.6 Å². The molecule has 2 rings (SSSR count). The Kier molecular flexibility index (Phi) is 4.90. The summed E-state index contributed by atoms with van der Waals surface area (Å²) in [6.07, 6.45) is 3.39. The molecule has 1 aliphatic carbocycles. The first-order valence-electron chi connectivity index (χ1n) is 7.20. The number of carbonyl (C=O) groups is 1. The maximum Gasteiger partial charge on any atom is 0.270 e. The molecule has 0 spiro atoms. The Morgan fingerprint density at radius 3 is 2.81 bits per heavy atom. The van der Waals surface area contributed by atoms with Crippen LogP contribution in [0.15, 0.2) is 18.2 Å². The first-order chi connectivity index (χ1) is 9.99. The zero-order valence-electron chi connectivity index (χ0n) is 12.0. The van der Waals surface area contributed by atoms with E-state index in [0.717, 1.165) is 25.7 Å². The van der Waals surface area contributed by atoms with Gasteiger partial charge in [0, 0.05) is 30.2 Å². The number of rotatable bonds is 4. The molecule has 0 aromatic heterocycles. The third-order valence-electron chi connectivity index (χ3n) is 4.07. The molecule has 1 fully saturated rings. The summed E-state index contributed by atoms with van der Waals surface area (Å²) in [5.41, 5.74) is 0.917. The van der Waals surface area contributed by atoms with Gasteiger partial charge in [-0.05, 0) is 25.3 Å². The molecular weight excluding hydrogens is 272 g/mol. The van der Waals surface area contributed by atoms with Crippen molar-refractivity contribution in [1.82, 2.24) is 5.32 Å². The van der Waals surface area contributed by atoms with Crippen molar-refractivity contribution >= 4 is 11.6 Å². The van der Waals surface area contributed by atoms with Crippen LogP contribution in [-0.2, 0) is 0 Å². The van der Waals surface area contributed by atoms with E-state index in [1.54, 1.807) is 13.0 Å². The number of hydrogen-bond donors (Lipinski definition) is 2. The number of amides is 1. The van der Waals surface area contributed by atoms with Gasteiger partial charge in [-0.2, -0.15) is 0 Å². The average Bonchev–Trinajstić information content (AvgIpc) is 2.46. The van der Waals surface area contributed by atoms with Crippen molar-refractivity contribution < 1.29 is 14.8 Å². The monoisotopic (exact) mass is 292 g/mol. The minimum absolute atomic E-state index is 0.0710. The number of aryl methyl sites for hydroxylation is 1. The van der Waals surface area contributed by atoms with Crippen molar-refractivity contribution in [2.45, 2.75) is 38.7 Å². The molecule has 0 saturated heterocycles. The molecular formula is C15H20N2O4. The fourth-order valence-electron chi connectivity index (χ4n) is 2.71. The number of nitrogens with one attached hydrogen (secondary N) is 1. The van der Waals surface area contributed by atoms with E-state index in [4.69, 9.17) is 0 Å². The van der Waals surface area contributed by atoms with E-state index in [9.17, 15) is 20.0 Å². The smallest absolute Gasteiger partial charge is 0.270 e. The van der Waals surface area contributed by atoms with Crippen molar-refractivity contribution in [2.24, 2.45) is 5.92 Å². The Morgan fingerprint density at radius 1 is 1.43 bits per heavy atom. The fraction of sp³-hybridized carbons (Fsp3) is 0.533. The summed E-state index contributed by atoms with van der Waals surface area (Å²) >= 11 is 0. The highest BCUT2D eigenvalue weighted by Crippen LogP contribution is 2.24. The molecule has 1 aliphatic rings. The third-order valence-corrected chi connectivity index (χ3v) is 4.07. The lowest BCUT2D eigenvalue weighted by molar-refractivity contribution is -0.384. The highest BCUT2D eigenvalue weighted by Gasteiger charge is 2.24. The van der Waals surface area contributed by atoms with Crippen molar-refractivity contribution in [2.75, 3.05) is 6.54 Å². The highest BCUT2D eigenvalue weighted by molar-refractivity contribution is 5.96. The Bertz CT molecular complexity index is 544. The quantitative estimate of drug-likeness (QED) is 0.657. The summed E-state index contributed by atoms with van der Waals surface area (Å²) in [6.45, 7) is 2.15. The maximum atomic E-state index is 12.2. The van der Waals surface area contributed by atoms with E-state index in [1.165, 1.54) is 12.1 Å². The van der Waals surface area contributed by atoms with E-state index in [2.05, 4.69) is 5.32 Å². The molecule has 1 saturated carbocycles. The van der Waals surface area contributed by atoms with Crippen LogP contribution in [0.1, 0.15) is 41.6 Å². The lowest BCUT2D eigenvalue weighted by Crippen LogP contribution is -2.36. The number of carbonyl (C=O) groups excluding carboxylic acids is 1. The molecule has 0 heterocycles. The van der Waals surface area contributed by atoms with Gasteiger partial charge in [-0.25, -0.2) is 0 Å². The van der Waals surface area contributed by atoms with Gasteiger partial charge in [-0.3, -0.25) is 14.9 Å². The summed E-state index contributed by atoms with van der Waals surface area (Å²) in [4.78, 5) is 22.4. The predicted molar refractivity (Wildman–Crippen MR) is 78.1 cm³/mol. The van der Waals surface area contributed by atoms with Crippen LogP contribution < -0.4 is 5.32 Å². The first kappa shape index (κ1) is 15.4. The number of aliphatic hydroxyl groups is 1. The zero-order valence-corrected chi connectivity index (χ0v) is 12.0. The van der Waals surface area contributed by atoms with Gasteiger partial charge in [0.25, 0.3) is 11.6 Å². The molecule has 6 heteroatoms. The van der Waals surface area contributed by atoms with Crippen LogP contribution in [0.5, 0.6) is 0 Å². The molecule has 114 valence electrons. The summed E-state index contributed by atoms with van der Waals surface area (Å²) in [6, 6.07) is 4.25. The minimum Gasteiger partial charge on any atom is -0.393 e. The predicted octanol–water partition coefficient (Wildman–Crippen LogP) is 2.18. The number of nitrogens with zero attached hydrogens (tertiary/aromatic N) is 1. The van der Waals surface area contributed by atoms with Crippen LogP contribution in [0.3, 0.4) is 0 Å². The third kappa shape index (κ3) is 3.78. The molecule has 0 aliphatic heterocycles. The van der Waals surface area contributed by atoms with Crippen molar-refractivity contribution in [1.29, 1.82) is 0 Å². The number of non-ortho nitro benzene ring substituents is 1. The number of hydrogen-bond acceptors (Lipinski definition) is 4. The fourth-order valence-corrected chi connectivity index (χ4v) is 2.71. The molecule has 0 radical (unpaired) electrons. The largest absolute Gasteiger partial charge is 0.393 e. The van der Waals surface area contributed by atoms with Gasteiger partial charge in [-0.15, -0.1) is 0 Å². The van der Waals surface area contributed by atoms with Gasteiger partial charge < -0.3 is 10.4 Å². The molecule has 21 heavy (non-hydrogen) atoms. The van der Waals surface area contributed by atoms with Crippen molar-refractivity contribution in [3.8, 4) is 0 Å². The molecule has 0 bridgehead atoms. The topological polar surface area (TPSA) is 92.5 Å². The van der Waals surface area contributed by atoms with E-state index in [0.29, 0.717) is 17.7 Å². The lowest BCUT2D eigenvalue weighted by Gasteiger charge is -2.27. The number of aliphatic hydroxyl groups excluding tert-OH is 1. The highest BCUT2D eigenvalue weighted by atomic mass is 16.6. The van der Waals surface area contributed by atoms with Crippen molar-refractivity contribution in [3.63, 3.8) is 0 Å². The van der Waals surface area contributed by atoms with Crippen LogP contribution in [0.2, 0.25) is 0 Å². The Labute approximate surface area is 123 Å². The number of nitro benzene ring substituents is 1. The number of nitro groups is 1. The van der Waals surface area contributed by atoms with Crippen molar-refractivity contribution in [3.05, 3.63) is 39.4 Å². The van der Waals surface area contributed by atoms with Gasteiger partial charge >= 0.3 is 0 Å². The van der Waals surface area contributed by atoms with Crippen LogP contribution >= 0.6 is 0 Å². The van der Waals surface area contributed by atoms with Gasteiger partial charge in [0.2, 0.25) is 0 Å². The average molecular weight is 292 g/mol. The standard InChI is InChI=1S/C15H20N2O4/c1-10-6-7-12(17(20)21)8-13(10)15(19)16-9-11-4-2-3-5-14(11)18/h6-8,11,14,18H,2-5,9H2,1H3,(H,16,19). The van der Waals surface area contributed by atoms with E-state index >= 15 is 0 Å².